The number of carbonyl (C=O) groups excluding carboxylic acids is 3. The number of carbonyl (C=O) groups is 3. The minimum Gasteiger partial charge on any atom is -0.493 e. The highest BCUT2D eigenvalue weighted by Gasteiger charge is 2.28. The lowest BCUT2D eigenvalue weighted by Gasteiger charge is -2.31. The van der Waals surface area contributed by atoms with Crippen LogP contribution in [0.2, 0.25) is 0 Å². The number of rotatable bonds is 8. The average Bonchev–Trinajstić information content (AvgIpc) is 2.87. The quantitative estimate of drug-likeness (QED) is 0.557. The van der Waals surface area contributed by atoms with Gasteiger partial charge in [0.1, 0.15) is 5.82 Å². The van der Waals surface area contributed by atoms with E-state index in [0.29, 0.717) is 61.1 Å². The molecule has 1 fully saturated rings. The molecule has 0 atom stereocenters. The van der Waals surface area contributed by atoms with Crippen molar-refractivity contribution >= 4 is 17.7 Å². The van der Waals surface area contributed by atoms with Gasteiger partial charge in [-0.1, -0.05) is 13.8 Å². The third-order valence-corrected chi connectivity index (χ3v) is 5.92. The Kier molecular flexibility index (Phi) is 9.05. The minimum atomic E-state index is -0.477. The molecule has 9 heteroatoms. The van der Waals surface area contributed by atoms with Gasteiger partial charge >= 0.3 is 0 Å². The molecule has 2 N–H and O–H groups in total. The summed E-state index contributed by atoms with van der Waals surface area (Å²) in [5.41, 5.74) is 5.64. The summed E-state index contributed by atoms with van der Waals surface area (Å²) in [6, 6.07) is 10.2. The topological polar surface area (TPSA) is 97.0 Å². The fraction of sp³-hybridized carbons (Fsp3) is 0.423. The molecule has 0 spiro atoms. The Morgan fingerprint density at radius 1 is 1.00 bits per heavy atom. The van der Waals surface area contributed by atoms with Crippen LogP contribution in [0, 0.1) is 17.7 Å². The second-order valence-corrected chi connectivity index (χ2v) is 8.91. The van der Waals surface area contributed by atoms with Crippen LogP contribution in [0.4, 0.5) is 4.39 Å². The van der Waals surface area contributed by atoms with Gasteiger partial charge in [-0.15, -0.1) is 0 Å². The van der Waals surface area contributed by atoms with E-state index in [1.807, 2.05) is 0 Å². The number of likely N-dealkylation sites (tertiary alicyclic amines) is 1. The fourth-order valence-corrected chi connectivity index (χ4v) is 3.75. The Labute approximate surface area is 204 Å². The molecule has 8 nitrogen and oxygen atoms in total. The van der Waals surface area contributed by atoms with Gasteiger partial charge < -0.3 is 14.4 Å². The highest BCUT2D eigenvalue weighted by Crippen LogP contribution is 2.28. The molecule has 188 valence electrons. The number of halogens is 1. The van der Waals surface area contributed by atoms with E-state index < -0.39 is 11.7 Å². The van der Waals surface area contributed by atoms with Crippen molar-refractivity contribution in [1.29, 1.82) is 0 Å². The summed E-state index contributed by atoms with van der Waals surface area (Å²) < 4.78 is 24.2. The van der Waals surface area contributed by atoms with Crippen molar-refractivity contribution < 1.29 is 28.2 Å². The zero-order chi connectivity index (χ0) is 25.4. The molecule has 3 amide bonds. The maximum atomic E-state index is 13.1. The zero-order valence-corrected chi connectivity index (χ0v) is 20.3. The van der Waals surface area contributed by atoms with E-state index in [2.05, 4.69) is 24.7 Å². The smallest absolute Gasteiger partial charge is 0.269 e. The first-order chi connectivity index (χ1) is 16.8. The molecule has 1 saturated heterocycles. The van der Waals surface area contributed by atoms with E-state index in [1.54, 1.807) is 23.1 Å². The first-order valence-corrected chi connectivity index (χ1v) is 11.7. The van der Waals surface area contributed by atoms with E-state index in [0.717, 1.165) is 6.42 Å². The molecule has 35 heavy (non-hydrogen) atoms. The largest absolute Gasteiger partial charge is 0.493 e. The lowest BCUT2D eigenvalue weighted by Crippen LogP contribution is -2.48. The first kappa shape index (κ1) is 26.0. The molecule has 1 heterocycles. The molecule has 0 radical (unpaired) electrons. The molecule has 0 bridgehead atoms. The number of ether oxygens (including phenoxy) is 2. The molecule has 2 aromatic rings. The van der Waals surface area contributed by atoms with E-state index in [4.69, 9.17) is 9.47 Å². The van der Waals surface area contributed by atoms with Crippen LogP contribution in [0.5, 0.6) is 11.5 Å². The summed E-state index contributed by atoms with van der Waals surface area (Å²) in [7, 11) is 1.50. The number of nitrogens with zero attached hydrogens (tertiary/aromatic N) is 1. The fourth-order valence-electron chi connectivity index (χ4n) is 3.75. The summed E-state index contributed by atoms with van der Waals surface area (Å²) in [5, 5.41) is 0. The number of amides is 3. The van der Waals surface area contributed by atoms with Crippen molar-refractivity contribution in [2.45, 2.75) is 33.1 Å². The van der Waals surface area contributed by atoms with Gasteiger partial charge in [0.2, 0.25) is 5.91 Å². The van der Waals surface area contributed by atoms with Gasteiger partial charge in [0.05, 0.1) is 13.7 Å². The molecule has 1 aliphatic heterocycles. The van der Waals surface area contributed by atoms with Crippen LogP contribution in [-0.2, 0) is 4.79 Å². The third kappa shape index (κ3) is 7.18. The standard InChI is InChI=1S/C26H32FN3O5/c1-17(2)12-15-35-22-9-6-20(16-23(22)34-3)25(32)29-28-24(31)18-10-13-30(14-11-18)26(33)19-4-7-21(27)8-5-19/h4-9,16-18H,10-15H2,1-3H3,(H,28,31)(H,29,32). The summed E-state index contributed by atoms with van der Waals surface area (Å²) in [4.78, 5) is 39.3. The average molecular weight is 486 g/mol. The van der Waals surface area contributed by atoms with Crippen LogP contribution in [0.1, 0.15) is 53.8 Å². The molecule has 2 aromatic carbocycles. The van der Waals surface area contributed by atoms with Crippen LogP contribution < -0.4 is 20.3 Å². The lowest BCUT2D eigenvalue weighted by atomic mass is 9.95. The summed E-state index contributed by atoms with van der Waals surface area (Å²) in [6.45, 7) is 5.57. The number of piperidine rings is 1. The maximum Gasteiger partial charge on any atom is 0.269 e. The number of hydrazine groups is 1. The number of methoxy groups -OCH3 is 1. The number of hydrogen-bond donors (Lipinski definition) is 2. The van der Waals surface area contributed by atoms with Crippen molar-refractivity contribution in [3.05, 3.63) is 59.4 Å². The summed E-state index contributed by atoms with van der Waals surface area (Å²) in [6.07, 6.45) is 1.83. The van der Waals surface area contributed by atoms with Gasteiger partial charge in [-0.3, -0.25) is 25.2 Å². The van der Waals surface area contributed by atoms with Gasteiger partial charge in [-0.2, -0.15) is 0 Å². The van der Waals surface area contributed by atoms with Gasteiger partial charge in [0.25, 0.3) is 11.8 Å². The van der Waals surface area contributed by atoms with Crippen LogP contribution in [0.3, 0.4) is 0 Å². The molecule has 3 rings (SSSR count). The van der Waals surface area contributed by atoms with E-state index >= 15 is 0 Å². The Morgan fingerprint density at radius 2 is 1.66 bits per heavy atom. The minimum absolute atomic E-state index is 0.192. The Hall–Kier alpha value is -3.62. The Balaban J connectivity index is 1.47. The third-order valence-electron chi connectivity index (χ3n) is 5.92. The van der Waals surface area contributed by atoms with Crippen LogP contribution >= 0.6 is 0 Å². The monoisotopic (exact) mass is 485 g/mol. The zero-order valence-electron chi connectivity index (χ0n) is 20.3. The molecule has 0 unspecified atom stereocenters. The predicted molar refractivity (Wildman–Crippen MR) is 129 cm³/mol. The van der Waals surface area contributed by atoms with Crippen LogP contribution in [-0.4, -0.2) is 49.4 Å². The summed E-state index contributed by atoms with van der Waals surface area (Å²) in [5.74, 6) is -0.217. The van der Waals surface area contributed by atoms with Crippen molar-refractivity contribution in [1.82, 2.24) is 15.8 Å². The van der Waals surface area contributed by atoms with Crippen molar-refractivity contribution in [3.8, 4) is 11.5 Å². The Morgan fingerprint density at radius 3 is 2.29 bits per heavy atom. The van der Waals surface area contributed by atoms with Gasteiger partial charge in [-0.05, 0) is 67.6 Å². The van der Waals surface area contributed by atoms with Crippen LogP contribution in [0.15, 0.2) is 42.5 Å². The maximum absolute atomic E-state index is 13.1. The SMILES string of the molecule is COc1cc(C(=O)NNC(=O)C2CCN(C(=O)c3ccc(F)cc3)CC2)ccc1OCCC(C)C. The number of nitrogens with one attached hydrogen (secondary N) is 2. The highest BCUT2D eigenvalue weighted by atomic mass is 19.1. The number of hydrogen-bond acceptors (Lipinski definition) is 5. The molecule has 1 aliphatic rings. The van der Waals surface area contributed by atoms with Gasteiger partial charge in [0.15, 0.2) is 11.5 Å². The Bertz CT molecular complexity index is 1030. The molecule has 0 saturated carbocycles. The van der Waals surface area contributed by atoms with E-state index in [9.17, 15) is 18.8 Å². The molecular weight excluding hydrogens is 453 g/mol. The van der Waals surface area contributed by atoms with Crippen molar-refractivity contribution in [2.24, 2.45) is 11.8 Å². The highest BCUT2D eigenvalue weighted by molar-refractivity contribution is 5.96. The molecule has 0 aliphatic carbocycles. The van der Waals surface area contributed by atoms with E-state index in [1.165, 1.54) is 31.4 Å². The lowest BCUT2D eigenvalue weighted by molar-refractivity contribution is -0.127. The second-order valence-electron chi connectivity index (χ2n) is 8.91. The molecular formula is C26H32FN3O5. The summed E-state index contributed by atoms with van der Waals surface area (Å²) >= 11 is 0. The number of benzene rings is 2. The van der Waals surface area contributed by atoms with Gasteiger partial charge in [-0.25, -0.2) is 4.39 Å². The molecule has 0 aromatic heterocycles. The van der Waals surface area contributed by atoms with E-state index in [-0.39, 0.29) is 17.7 Å². The predicted octanol–water partition coefficient (Wildman–Crippen LogP) is 3.57. The first-order valence-electron chi connectivity index (χ1n) is 11.7. The van der Waals surface area contributed by atoms with Crippen molar-refractivity contribution in [3.63, 3.8) is 0 Å². The second kappa shape index (κ2) is 12.2. The van der Waals surface area contributed by atoms with Gasteiger partial charge in [0, 0.05) is 30.1 Å². The normalized spacial score (nSPS) is 13.9. The van der Waals surface area contributed by atoms with Crippen molar-refractivity contribution in [2.75, 3.05) is 26.8 Å². The van der Waals surface area contributed by atoms with Crippen LogP contribution in [0.25, 0.3) is 0 Å².